The van der Waals surface area contributed by atoms with Gasteiger partial charge in [-0.25, -0.2) is 14.7 Å². The van der Waals surface area contributed by atoms with Crippen LogP contribution in [0.25, 0.3) is 5.82 Å². The van der Waals surface area contributed by atoms with Gasteiger partial charge in [-0.2, -0.15) is 5.10 Å². The van der Waals surface area contributed by atoms with Crippen molar-refractivity contribution in [3.8, 4) is 5.82 Å². The Kier molecular flexibility index (Phi) is 10.2. The van der Waals surface area contributed by atoms with Gasteiger partial charge in [0.25, 0.3) is 0 Å². The highest BCUT2D eigenvalue weighted by atomic mass is 127. The molecule has 1 aliphatic rings. The Bertz CT molecular complexity index is 822. The van der Waals surface area contributed by atoms with Crippen LogP contribution in [0.1, 0.15) is 62.4 Å². The van der Waals surface area contributed by atoms with Gasteiger partial charge in [0.15, 0.2) is 11.8 Å². The second-order valence-electron chi connectivity index (χ2n) is 8.45. The fraction of sp³-hybridized carbons (Fsp3) is 0.609. The molecule has 8 heteroatoms. The number of aromatic nitrogens is 3. The van der Waals surface area contributed by atoms with Gasteiger partial charge in [-0.1, -0.05) is 25.3 Å². The van der Waals surface area contributed by atoms with Crippen molar-refractivity contribution in [3.05, 3.63) is 41.3 Å². The van der Waals surface area contributed by atoms with E-state index in [4.69, 9.17) is 4.99 Å². The van der Waals surface area contributed by atoms with E-state index < -0.39 is 0 Å². The number of nitrogens with zero attached hydrogens (tertiary/aromatic N) is 4. The molecule has 2 heterocycles. The van der Waals surface area contributed by atoms with Gasteiger partial charge in [0.05, 0.1) is 12.2 Å². The number of pyridine rings is 1. The van der Waals surface area contributed by atoms with E-state index in [-0.39, 0.29) is 36.0 Å². The van der Waals surface area contributed by atoms with E-state index in [9.17, 15) is 5.11 Å². The van der Waals surface area contributed by atoms with Crippen LogP contribution in [0.2, 0.25) is 0 Å². The van der Waals surface area contributed by atoms with Gasteiger partial charge in [0.1, 0.15) is 0 Å². The molecule has 3 N–H and O–H groups in total. The maximum Gasteiger partial charge on any atom is 0.191 e. The zero-order chi connectivity index (χ0) is 21.4. The summed E-state index contributed by atoms with van der Waals surface area (Å²) in [5.74, 6) is 1.64. The number of aryl methyl sites for hydroxylation is 2. The maximum atomic E-state index is 9.54. The third-order valence-electron chi connectivity index (χ3n) is 5.99. The van der Waals surface area contributed by atoms with E-state index in [1.165, 1.54) is 32.1 Å². The predicted octanol–water partition coefficient (Wildman–Crippen LogP) is 3.89. The number of aliphatic hydroxyl groups excluding tert-OH is 1. The second kappa shape index (κ2) is 12.4. The SMILES string of the molecule is CCNC(=NCc1ccc(-n2nc(C)cc2C)nc1)NCC1(CCO)CCCCC1.I. The van der Waals surface area contributed by atoms with Crippen LogP contribution in [0.3, 0.4) is 0 Å². The molecule has 1 fully saturated rings. The topological polar surface area (TPSA) is 87.4 Å². The summed E-state index contributed by atoms with van der Waals surface area (Å²) >= 11 is 0. The smallest absolute Gasteiger partial charge is 0.191 e. The number of hydrogen-bond donors (Lipinski definition) is 3. The summed E-state index contributed by atoms with van der Waals surface area (Å²) in [6.45, 7) is 8.58. The average Bonchev–Trinajstić information content (AvgIpc) is 3.09. The van der Waals surface area contributed by atoms with E-state index in [2.05, 4.69) is 33.7 Å². The van der Waals surface area contributed by atoms with Gasteiger partial charge < -0.3 is 15.7 Å². The van der Waals surface area contributed by atoms with Gasteiger partial charge in [-0.05, 0) is 63.1 Å². The van der Waals surface area contributed by atoms with Crippen molar-refractivity contribution in [1.82, 2.24) is 25.4 Å². The monoisotopic (exact) mass is 540 g/mol. The lowest BCUT2D eigenvalue weighted by Gasteiger charge is -2.37. The molecule has 0 spiro atoms. The normalized spacial score (nSPS) is 15.9. The molecule has 31 heavy (non-hydrogen) atoms. The van der Waals surface area contributed by atoms with Crippen LogP contribution in [-0.2, 0) is 6.54 Å². The highest BCUT2D eigenvalue weighted by molar-refractivity contribution is 14.0. The second-order valence-corrected chi connectivity index (χ2v) is 8.45. The van der Waals surface area contributed by atoms with Crippen molar-refractivity contribution in [1.29, 1.82) is 0 Å². The lowest BCUT2D eigenvalue weighted by Crippen LogP contribution is -2.44. The molecule has 1 aliphatic carbocycles. The lowest BCUT2D eigenvalue weighted by atomic mass is 9.72. The lowest BCUT2D eigenvalue weighted by molar-refractivity contribution is 0.131. The third kappa shape index (κ3) is 7.17. The first kappa shape index (κ1) is 25.6. The first-order valence-electron chi connectivity index (χ1n) is 11.2. The summed E-state index contributed by atoms with van der Waals surface area (Å²) in [4.78, 5) is 9.32. The van der Waals surface area contributed by atoms with Gasteiger partial charge in [0.2, 0.25) is 0 Å². The van der Waals surface area contributed by atoms with Gasteiger partial charge >= 0.3 is 0 Å². The molecule has 0 radical (unpaired) electrons. The van der Waals surface area contributed by atoms with Crippen LogP contribution in [0, 0.1) is 19.3 Å². The van der Waals surface area contributed by atoms with Crippen molar-refractivity contribution in [2.75, 3.05) is 19.7 Å². The van der Waals surface area contributed by atoms with Crippen molar-refractivity contribution >= 4 is 29.9 Å². The van der Waals surface area contributed by atoms with Crippen LogP contribution >= 0.6 is 24.0 Å². The zero-order valence-electron chi connectivity index (χ0n) is 19.0. The Labute approximate surface area is 203 Å². The van der Waals surface area contributed by atoms with E-state index >= 15 is 0 Å². The molecule has 0 saturated heterocycles. The van der Waals surface area contributed by atoms with E-state index in [0.29, 0.717) is 6.54 Å². The Balaban J connectivity index is 0.00000341. The molecule has 0 aromatic carbocycles. The third-order valence-corrected chi connectivity index (χ3v) is 5.99. The number of nitrogens with one attached hydrogen (secondary N) is 2. The predicted molar refractivity (Wildman–Crippen MR) is 136 cm³/mol. The molecule has 3 rings (SSSR count). The molecular weight excluding hydrogens is 503 g/mol. The summed E-state index contributed by atoms with van der Waals surface area (Å²) in [5.41, 5.74) is 3.30. The Morgan fingerprint density at radius 1 is 1.19 bits per heavy atom. The number of guanidine groups is 1. The number of rotatable bonds is 8. The molecule has 0 bridgehead atoms. The summed E-state index contributed by atoms with van der Waals surface area (Å²) in [7, 11) is 0. The molecule has 0 aliphatic heterocycles. The Morgan fingerprint density at radius 2 is 1.97 bits per heavy atom. The highest BCUT2D eigenvalue weighted by Gasteiger charge is 2.31. The highest BCUT2D eigenvalue weighted by Crippen LogP contribution is 2.38. The first-order valence-corrected chi connectivity index (χ1v) is 11.2. The van der Waals surface area contributed by atoms with Crippen LogP contribution in [-0.4, -0.2) is 45.5 Å². The minimum atomic E-state index is 0. The van der Waals surface area contributed by atoms with E-state index in [1.54, 1.807) is 0 Å². The Morgan fingerprint density at radius 3 is 2.55 bits per heavy atom. The summed E-state index contributed by atoms with van der Waals surface area (Å²) in [5, 5.41) is 20.9. The van der Waals surface area contributed by atoms with E-state index in [1.807, 2.05) is 36.9 Å². The molecule has 7 nitrogen and oxygen atoms in total. The standard InChI is InChI=1S/C23H36N6O.HI/c1-4-24-22(27-17-23(12-13-30)10-6-5-7-11-23)26-16-20-8-9-21(25-15-20)29-19(3)14-18(2)28-29;/h8-9,14-15,30H,4-7,10-13,16-17H2,1-3H3,(H2,24,26,27);1H. The van der Waals surface area contributed by atoms with Crippen molar-refractivity contribution in [2.45, 2.75) is 65.8 Å². The van der Waals surface area contributed by atoms with Gasteiger partial charge in [0, 0.05) is 31.6 Å². The van der Waals surface area contributed by atoms with Crippen molar-refractivity contribution < 1.29 is 5.11 Å². The summed E-state index contributed by atoms with van der Waals surface area (Å²) in [6, 6.07) is 6.09. The van der Waals surface area contributed by atoms with Crippen LogP contribution in [0.5, 0.6) is 0 Å². The van der Waals surface area contributed by atoms with Gasteiger partial charge in [-0.3, -0.25) is 0 Å². The quantitative estimate of drug-likeness (QED) is 0.269. The van der Waals surface area contributed by atoms with Crippen LogP contribution in [0.15, 0.2) is 29.4 Å². The number of halogens is 1. The minimum absolute atomic E-state index is 0. The molecule has 0 amide bonds. The number of hydrogen-bond acceptors (Lipinski definition) is 4. The van der Waals surface area contributed by atoms with Crippen molar-refractivity contribution in [3.63, 3.8) is 0 Å². The van der Waals surface area contributed by atoms with Gasteiger partial charge in [-0.15, -0.1) is 24.0 Å². The number of aliphatic imine (C=N–C) groups is 1. The zero-order valence-corrected chi connectivity index (χ0v) is 21.4. The molecular formula is C23H37IN6O. The van der Waals surface area contributed by atoms with Crippen LogP contribution < -0.4 is 10.6 Å². The van der Waals surface area contributed by atoms with Crippen LogP contribution in [0.4, 0.5) is 0 Å². The molecule has 172 valence electrons. The summed E-state index contributed by atoms with van der Waals surface area (Å²) in [6.07, 6.45) is 8.90. The fourth-order valence-corrected chi connectivity index (χ4v) is 4.33. The first-order chi connectivity index (χ1) is 14.5. The maximum absolute atomic E-state index is 9.54. The molecule has 0 unspecified atom stereocenters. The van der Waals surface area contributed by atoms with E-state index in [0.717, 1.165) is 48.2 Å². The fourth-order valence-electron chi connectivity index (χ4n) is 4.33. The minimum Gasteiger partial charge on any atom is -0.396 e. The number of aliphatic hydroxyl groups is 1. The molecule has 1 saturated carbocycles. The Hall–Kier alpha value is -1.68. The largest absolute Gasteiger partial charge is 0.396 e. The average molecular weight is 540 g/mol. The molecule has 2 aromatic heterocycles. The molecule has 0 atom stereocenters. The molecule has 2 aromatic rings. The summed E-state index contributed by atoms with van der Waals surface area (Å²) < 4.78 is 1.86. The van der Waals surface area contributed by atoms with Crippen molar-refractivity contribution in [2.24, 2.45) is 10.4 Å².